The molecule has 3 heterocycles. The lowest BCUT2D eigenvalue weighted by atomic mass is 9.99. The van der Waals surface area contributed by atoms with E-state index in [9.17, 15) is 9.18 Å². The molecule has 1 N–H and O–H groups in total. The molecular formula is C16H13ClFN7O. The van der Waals surface area contributed by atoms with E-state index in [1.54, 1.807) is 12.4 Å². The molecule has 0 radical (unpaired) electrons. The predicted octanol–water partition coefficient (Wildman–Crippen LogP) is 1.92. The van der Waals surface area contributed by atoms with Gasteiger partial charge in [0.05, 0.1) is 10.9 Å². The predicted molar refractivity (Wildman–Crippen MR) is 92.7 cm³/mol. The van der Waals surface area contributed by atoms with Crippen LogP contribution >= 0.6 is 11.6 Å². The molecule has 0 saturated carbocycles. The van der Waals surface area contributed by atoms with Gasteiger partial charge in [-0.2, -0.15) is 5.10 Å². The second-order valence-electron chi connectivity index (χ2n) is 5.79. The van der Waals surface area contributed by atoms with Crippen LogP contribution in [0.4, 0.5) is 15.9 Å². The van der Waals surface area contributed by atoms with E-state index in [0.29, 0.717) is 30.4 Å². The fraction of sp³-hybridized carbons (Fsp3) is 0.188. The largest absolute Gasteiger partial charge is 0.355 e. The Hall–Kier alpha value is -3.07. The van der Waals surface area contributed by atoms with Crippen LogP contribution in [-0.4, -0.2) is 43.7 Å². The minimum absolute atomic E-state index is 0.0281. The number of carbonyl (C=O) groups excluding carboxylic acids is 1. The third-order valence-electron chi connectivity index (χ3n) is 4.06. The highest BCUT2D eigenvalue weighted by atomic mass is 35.5. The zero-order valence-corrected chi connectivity index (χ0v) is 14.1. The summed E-state index contributed by atoms with van der Waals surface area (Å²) in [4.78, 5) is 26.5. The molecule has 0 atom stereocenters. The highest BCUT2D eigenvalue weighted by Crippen LogP contribution is 2.25. The molecule has 3 aromatic rings. The van der Waals surface area contributed by atoms with Gasteiger partial charge in [0.1, 0.15) is 30.6 Å². The third-order valence-corrected chi connectivity index (χ3v) is 4.34. The number of aromatic nitrogens is 5. The fourth-order valence-corrected chi connectivity index (χ4v) is 2.79. The second-order valence-corrected chi connectivity index (χ2v) is 6.20. The second kappa shape index (κ2) is 6.68. The molecule has 1 fully saturated rings. The molecule has 26 heavy (non-hydrogen) atoms. The number of nitrogens with zero attached hydrogens (tertiary/aromatic N) is 6. The minimum Gasteiger partial charge on any atom is -0.355 e. The van der Waals surface area contributed by atoms with Gasteiger partial charge in [0.15, 0.2) is 5.82 Å². The first-order chi connectivity index (χ1) is 12.6. The summed E-state index contributed by atoms with van der Waals surface area (Å²) in [5.74, 6) is 0.449. The van der Waals surface area contributed by atoms with Crippen LogP contribution in [0.25, 0.3) is 5.82 Å². The van der Waals surface area contributed by atoms with Gasteiger partial charge in [-0.05, 0) is 18.2 Å². The summed E-state index contributed by atoms with van der Waals surface area (Å²) < 4.78 is 14.7. The first-order valence-electron chi connectivity index (χ1n) is 7.78. The smallest absolute Gasteiger partial charge is 0.231 e. The number of carbonyl (C=O) groups is 1. The van der Waals surface area contributed by atoms with Crippen LogP contribution in [0, 0.1) is 11.7 Å². The van der Waals surface area contributed by atoms with E-state index in [1.165, 1.54) is 35.5 Å². The summed E-state index contributed by atoms with van der Waals surface area (Å²) in [7, 11) is 0. The van der Waals surface area contributed by atoms with Crippen molar-refractivity contribution in [1.82, 2.24) is 24.7 Å². The summed E-state index contributed by atoms with van der Waals surface area (Å²) in [6, 6.07) is 5.87. The molecule has 0 spiro atoms. The molecule has 0 aliphatic carbocycles. The maximum Gasteiger partial charge on any atom is 0.231 e. The van der Waals surface area contributed by atoms with Gasteiger partial charge in [0.25, 0.3) is 0 Å². The fourth-order valence-electron chi connectivity index (χ4n) is 2.61. The number of halogens is 2. The van der Waals surface area contributed by atoms with Crippen molar-refractivity contribution in [3.05, 3.63) is 54.1 Å². The summed E-state index contributed by atoms with van der Waals surface area (Å²) in [5, 5.41) is 6.75. The van der Waals surface area contributed by atoms with Crippen LogP contribution in [-0.2, 0) is 4.79 Å². The average Bonchev–Trinajstić information content (AvgIpc) is 3.12. The van der Waals surface area contributed by atoms with Crippen molar-refractivity contribution in [2.45, 2.75) is 0 Å². The topological polar surface area (TPSA) is 88.8 Å². The van der Waals surface area contributed by atoms with Crippen molar-refractivity contribution in [2.75, 3.05) is 23.3 Å². The zero-order chi connectivity index (χ0) is 18.1. The zero-order valence-electron chi connectivity index (χ0n) is 13.4. The number of amides is 1. The Morgan fingerprint density at radius 1 is 1.19 bits per heavy atom. The SMILES string of the molecule is O=C(Nc1ccc(F)c(Cl)c1)C1CN(c2cc(-n3cncn3)ncn2)C1. The van der Waals surface area contributed by atoms with Crippen molar-refractivity contribution >= 4 is 29.0 Å². The molecule has 132 valence electrons. The van der Waals surface area contributed by atoms with E-state index in [2.05, 4.69) is 25.4 Å². The Labute approximate surface area is 152 Å². The lowest BCUT2D eigenvalue weighted by Gasteiger charge is -2.39. The molecule has 10 heteroatoms. The van der Waals surface area contributed by atoms with Gasteiger partial charge in [0, 0.05) is 24.8 Å². The van der Waals surface area contributed by atoms with Gasteiger partial charge < -0.3 is 10.2 Å². The minimum atomic E-state index is -0.522. The Balaban J connectivity index is 1.38. The van der Waals surface area contributed by atoms with Crippen molar-refractivity contribution in [3.8, 4) is 5.82 Å². The van der Waals surface area contributed by atoms with Gasteiger partial charge in [-0.1, -0.05) is 11.6 Å². The highest BCUT2D eigenvalue weighted by Gasteiger charge is 2.33. The third kappa shape index (κ3) is 3.21. The average molecular weight is 374 g/mol. The van der Waals surface area contributed by atoms with E-state index in [-0.39, 0.29) is 16.8 Å². The molecule has 1 amide bonds. The number of hydrogen-bond acceptors (Lipinski definition) is 6. The van der Waals surface area contributed by atoms with E-state index in [4.69, 9.17) is 11.6 Å². The Bertz CT molecular complexity index is 944. The number of nitrogens with one attached hydrogen (secondary N) is 1. The van der Waals surface area contributed by atoms with Crippen LogP contribution in [0.3, 0.4) is 0 Å². The van der Waals surface area contributed by atoms with Crippen LogP contribution in [0.5, 0.6) is 0 Å². The van der Waals surface area contributed by atoms with E-state index in [0.717, 1.165) is 0 Å². The lowest BCUT2D eigenvalue weighted by molar-refractivity contribution is -0.120. The van der Waals surface area contributed by atoms with Gasteiger partial charge in [0.2, 0.25) is 5.91 Å². The number of hydrogen-bond donors (Lipinski definition) is 1. The van der Waals surface area contributed by atoms with Gasteiger partial charge in [-0.15, -0.1) is 0 Å². The molecule has 1 aliphatic heterocycles. The first-order valence-corrected chi connectivity index (χ1v) is 8.16. The van der Waals surface area contributed by atoms with Crippen molar-refractivity contribution in [1.29, 1.82) is 0 Å². The maximum atomic E-state index is 13.2. The first kappa shape index (κ1) is 16.4. The maximum absolute atomic E-state index is 13.2. The molecule has 2 aromatic heterocycles. The van der Waals surface area contributed by atoms with E-state index < -0.39 is 5.82 Å². The molecular weight excluding hydrogens is 361 g/mol. The normalized spacial score (nSPS) is 14.2. The summed E-state index contributed by atoms with van der Waals surface area (Å²) in [6.45, 7) is 1.04. The Morgan fingerprint density at radius 3 is 2.73 bits per heavy atom. The van der Waals surface area contributed by atoms with E-state index in [1.807, 2.05) is 4.90 Å². The summed E-state index contributed by atoms with van der Waals surface area (Å²) >= 11 is 5.72. The van der Waals surface area contributed by atoms with Crippen molar-refractivity contribution in [2.24, 2.45) is 5.92 Å². The molecule has 1 aliphatic rings. The monoisotopic (exact) mass is 373 g/mol. The van der Waals surface area contributed by atoms with Gasteiger partial charge in [-0.3, -0.25) is 4.79 Å². The van der Waals surface area contributed by atoms with Crippen molar-refractivity contribution < 1.29 is 9.18 Å². The van der Waals surface area contributed by atoms with Crippen LogP contribution in [0.2, 0.25) is 5.02 Å². The molecule has 4 rings (SSSR count). The standard InChI is InChI=1S/C16H13ClFN7O/c17-12-3-11(1-2-13(12)18)23-16(26)10-5-24(6-10)14-4-15(21-8-20-14)25-9-19-7-22-25/h1-4,7-10H,5-6H2,(H,23,26). The van der Waals surface area contributed by atoms with E-state index >= 15 is 0 Å². The number of rotatable bonds is 4. The summed E-state index contributed by atoms with van der Waals surface area (Å²) in [6.07, 6.45) is 4.42. The van der Waals surface area contributed by atoms with Gasteiger partial charge >= 0.3 is 0 Å². The molecule has 0 bridgehead atoms. The van der Waals surface area contributed by atoms with Gasteiger partial charge in [-0.25, -0.2) is 24.0 Å². The highest BCUT2D eigenvalue weighted by molar-refractivity contribution is 6.31. The van der Waals surface area contributed by atoms with Crippen LogP contribution < -0.4 is 10.2 Å². The van der Waals surface area contributed by atoms with Crippen LogP contribution in [0.1, 0.15) is 0 Å². The molecule has 8 nitrogen and oxygen atoms in total. The van der Waals surface area contributed by atoms with Crippen molar-refractivity contribution in [3.63, 3.8) is 0 Å². The quantitative estimate of drug-likeness (QED) is 0.751. The molecule has 1 saturated heterocycles. The summed E-state index contributed by atoms with van der Waals surface area (Å²) in [5.41, 5.74) is 0.468. The number of anilines is 2. The molecule has 0 unspecified atom stereocenters. The Kier molecular flexibility index (Phi) is 4.21. The lowest BCUT2D eigenvalue weighted by Crippen LogP contribution is -2.52. The number of benzene rings is 1. The van der Waals surface area contributed by atoms with Crippen LogP contribution in [0.15, 0.2) is 43.2 Å². The Morgan fingerprint density at radius 2 is 2.00 bits per heavy atom. The molecule has 1 aromatic carbocycles.